The van der Waals surface area contributed by atoms with Gasteiger partial charge in [0.1, 0.15) is 23.1 Å². The van der Waals surface area contributed by atoms with Crippen molar-refractivity contribution in [3.63, 3.8) is 0 Å². The highest BCUT2D eigenvalue weighted by Gasteiger charge is 2.25. The Kier molecular flexibility index (Phi) is 4.67. The number of aromatic nitrogens is 4. The minimum atomic E-state index is -0.492. The van der Waals surface area contributed by atoms with Crippen molar-refractivity contribution in [1.82, 2.24) is 25.6 Å². The van der Waals surface area contributed by atoms with Crippen molar-refractivity contribution in [2.24, 2.45) is 0 Å². The second-order valence-corrected chi connectivity index (χ2v) is 6.22. The zero-order valence-electron chi connectivity index (χ0n) is 15.3. The molecule has 4 rings (SSSR count). The average Bonchev–Trinajstić information content (AvgIpc) is 3.36. The van der Waals surface area contributed by atoms with E-state index in [1.165, 1.54) is 0 Å². The van der Waals surface area contributed by atoms with Crippen LogP contribution in [0.15, 0.2) is 63.9 Å². The van der Waals surface area contributed by atoms with Crippen LogP contribution in [0.4, 0.5) is 0 Å². The first kappa shape index (κ1) is 17.6. The molecule has 8 heteroatoms. The van der Waals surface area contributed by atoms with E-state index in [1.54, 1.807) is 38.4 Å². The molecule has 0 unspecified atom stereocenters. The van der Waals surface area contributed by atoms with Crippen LogP contribution in [0.3, 0.4) is 0 Å². The molecular formula is C20H17N5O3. The summed E-state index contributed by atoms with van der Waals surface area (Å²) in [6.07, 6.45) is 3.30. The van der Waals surface area contributed by atoms with Gasteiger partial charge in [0, 0.05) is 23.5 Å². The summed E-state index contributed by atoms with van der Waals surface area (Å²) in [5.74, 6) is 0.848. The zero-order chi connectivity index (χ0) is 19.5. The Bertz CT molecular complexity index is 1090. The largest absolute Gasteiger partial charge is 0.360 e. The summed E-state index contributed by atoms with van der Waals surface area (Å²) in [4.78, 5) is 21.2. The van der Waals surface area contributed by atoms with Gasteiger partial charge < -0.3 is 14.4 Å². The van der Waals surface area contributed by atoms with Crippen LogP contribution < -0.4 is 5.32 Å². The van der Waals surface area contributed by atoms with Gasteiger partial charge in [0.2, 0.25) is 11.7 Å². The van der Waals surface area contributed by atoms with E-state index in [0.717, 1.165) is 11.1 Å². The number of carbonyl (C=O) groups excluding carboxylic acids is 1. The van der Waals surface area contributed by atoms with E-state index in [2.05, 4.69) is 25.6 Å². The molecule has 0 saturated carbocycles. The first-order valence-electron chi connectivity index (χ1n) is 8.70. The van der Waals surface area contributed by atoms with Gasteiger partial charge in [0.05, 0.1) is 0 Å². The van der Waals surface area contributed by atoms with Crippen molar-refractivity contribution in [2.45, 2.75) is 19.9 Å². The molecule has 0 spiro atoms. The third-order valence-corrected chi connectivity index (χ3v) is 4.24. The van der Waals surface area contributed by atoms with E-state index in [4.69, 9.17) is 9.05 Å². The monoisotopic (exact) mass is 375 g/mol. The minimum Gasteiger partial charge on any atom is -0.360 e. The fourth-order valence-electron chi connectivity index (χ4n) is 2.79. The van der Waals surface area contributed by atoms with Crippen LogP contribution in [0.1, 0.15) is 35.0 Å². The Morgan fingerprint density at radius 1 is 1.00 bits per heavy atom. The molecule has 0 aliphatic carbocycles. The summed E-state index contributed by atoms with van der Waals surface area (Å²) in [6.45, 7) is 3.47. The van der Waals surface area contributed by atoms with Crippen LogP contribution in [0, 0.1) is 6.92 Å². The van der Waals surface area contributed by atoms with E-state index < -0.39 is 6.04 Å². The number of pyridine rings is 1. The molecule has 1 N–H and O–H groups in total. The Morgan fingerprint density at radius 3 is 2.50 bits per heavy atom. The molecule has 1 amide bonds. The lowest BCUT2D eigenvalue weighted by atomic mass is 10.1. The summed E-state index contributed by atoms with van der Waals surface area (Å²) >= 11 is 0. The van der Waals surface area contributed by atoms with Crippen molar-refractivity contribution < 1.29 is 13.8 Å². The van der Waals surface area contributed by atoms with Gasteiger partial charge in [-0.05, 0) is 26.0 Å². The van der Waals surface area contributed by atoms with E-state index in [1.807, 2.05) is 30.3 Å². The maximum atomic E-state index is 12.9. The van der Waals surface area contributed by atoms with Gasteiger partial charge in [0.15, 0.2) is 0 Å². The fourth-order valence-corrected chi connectivity index (χ4v) is 2.79. The van der Waals surface area contributed by atoms with Gasteiger partial charge in [-0.1, -0.05) is 40.6 Å². The molecule has 28 heavy (non-hydrogen) atoms. The first-order valence-corrected chi connectivity index (χ1v) is 8.70. The van der Waals surface area contributed by atoms with Crippen molar-refractivity contribution in [3.8, 4) is 22.6 Å². The molecule has 1 atom stereocenters. The Morgan fingerprint density at radius 2 is 1.75 bits per heavy atom. The topological polar surface area (TPSA) is 107 Å². The standard InChI is InChI=1S/C20H17N5O3/c1-12(20-23-18(25-28-20)15-8-10-21-11-9-15)22-19(26)16-13(2)27-24-17(16)14-6-4-3-5-7-14/h3-12H,1-2H3,(H,22,26)/t12-/m1/s1. The van der Waals surface area contributed by atoms with Crippen molar-refractivity contribution in [3.05, 3.63) is 72.1 Å². The van der Waals surface area contributed by atoms with E-state index >= 15 is 0 Å². The maximum absolute atomic E-state index is 12.9. The van der Waals surface area contributed by atoms with Gasteiger partial charge >= 0.3 is 0 Å². The van der Waals surface area contributed by atoms with Crippen LogP contribution in [0.25, 0.3) is 22.6 Å². The van der Waals surface area contributed by atoms with E-state index in [0.29, 0.717) is 28.7 Å². The molecule has 3 aromatic heterocycles. The lowest BCUT2D eigenvalue weighted by Crippen LogP contribution is -2.27. The van der Waals surface area contributed by atoms with E-state index in [-0.39, 0.29) is 5.91 Å². The summed E-state index contributed by atoms with van der Waals surface area (Å²) in [7, 11) is 0. The quantitative estimate of drug-likeness (QED) is 0.568. The molecule has 0 aliphatic heterocycles. The Hall–Kier alpha value is -3.81. The number of hydrogen-bond donors (Lipinski definition) is 1. The van der Waals surface area contributed by atoms with Crippen LogP contribution in [0.5, 0.6) is 0 Å². The van der Waals surface area contributed by atoms with Crippen LogP contribution in [-0.2, 0) is 0 Å². The molecule has 0 fully saturated rings. The molecule has 8 nitrogen and oxygen atoms in total. The molecule has 0 radical (unpaired) electrons. The number of aryl methyl sites for hydroxylation is 1. The number of nitrogens with one attached hydrogen (secondary N) is 1. The van der Waals surface area contributed by atoms with Crippen molar-refractivity contribution in [2.75, 3.05) is 0 Å². The van der Waals surface area contributed by atoms with Gasteiger partial charge in [-0.15, -0.1) is 0 Å². The summed E-state index contributed by atoms with van der Waals surface area (Å²) < 4.78 is 10.6. The van der Waals surface area contributed by atoms with Crippen LogP contribution in [0.2, 0.25) is 0 Å². The predicted octanol–water partition coefficient (Wildman–Crippen LogP) is 3.59. The Labute approximate surface area is 160 Å². The third-order valence-electron chi connectivity index (χ3n) is 4.24. The van der Waals surface area contributed by atoms with Crippen LogP contribution in [-0.4, -0.2) is 26.2 Å². The second kappa shape index (κ2) is 7.43. The zero-order valence-corrected chi connectivity index (χ0v) is 15.3. The smallest absolute Gasteiger partial charge is 0.257 e. The number of carbonyl (C=O) groups is 1. The number of hydrogen-bond acceptors (Lipinski definition) is 7. The summed E-state index contributed by atoms with van der Waals surface area (Å²) in [5.41, 5.74) is 2.46. The SMILES string of the molecule is Cc1onc(-c2ccccc2)c1C(=O)N[C@H](C)c1nc(-c2ccncc2)no1. The number of benzene rings is 1. The lowest BCUT2D eigenvalue weighted by molar-refractivity contribution is 0.0931. The predicted molar refractivity (Wildman–Crippen MR) is 100 cm³/mol. The second-order valence-electron chi connectivity index (χ2n) is 6.22. The fraction of sp³-hybridized carbons (Fsp3) is 0.150. The van der Waals surface area contributed by atoms with Gasteiger partial charge in [-0.2, -0.15) is 4.98 Å². The molecule has 4 aromatic rings. The molecule has 0 saturated heterocycles. The first-order chi connectivity index (χ1) is 13.6. The average molecular weight is 375 g/mol. The molecular weight excluding hydrogens is 358 g/mol. The van der Waals surface area contributed by atoms with Gasteiger partial charge in [-0.25, -0.2) is 0 Å². The highest BCUT2D eigenvalue weighted by atomic mass is 16.5. The number of nitrogens with zero attached hydrogens (tertiary/aromatic N) is 4. The Balaban J connectivity index is 1.55. The van der Waals surface area contributed by atoms with Crippen LogP contribution >= 0.6 is 0 Å². The van der Waals surface area contributed by atoms with Crippen molar-refractivity contribution in [1.29, 1.82) is 0 Å². The van der Waals surface area contributed by atoms with E-state index in [9.17, 15) is 4.79 Å². The number of rotatable bonds is 5. The normalized spacial score (nSPS) is 11.9. The van der Waals surface area contributed by atoms with Crippen molar-refractivity contribution >= 4 is 5.91 Å². The summed E-state index contributed by atoms with van der Waals surface area (Å²) in [6, 6.07) is 12.5. The molecule has 140 valence electrons. The van der Waals surface area contributed by atoms with Gasteiger partial charge in [0.25, 0.3) is 5.91 Å². The lowest BCUT2D eigenvalue weighted by Gasteiger charge is -2.10. The molecule has 0 aliphatic rings. The third kappa shape index (κ3) is 3.39. The molecule has 1 aromatic carbocycles. The molecule has 3 heterocycles. The number of amides is 1. The summed E-state index contributed by atoms with van der Waals surface area (Å²) in [5, 5.41) is 10.9. The highest BCUT2D eigenvalue weighted by Crippen LogP contribution is 2.26. The maximum Gasteiger partial charge on any atom is 0.257 e. The van der Waals surface area contributed by atoms with Gasteiger partial charge in [-0.3, -0.25) is 9.78 Å². The highest BCUT2D eigenvalue weighted by molar-refractivity contribution is 6.00. The molecule has 0 bridgehead atoms. The minimum absolute atomic E-state index is 0.301.